The van der Waals surface area contributed by atoms with Crippen LogP contribution in [0.3, 0.4) is 0 Å². The van der Waals surface area contributed by atoms with E-state index in [-0.39, 0.29) is 0 Å². The molecule has 0 amide bonds. The maximum absolute atomic E-state index is 5.84. The summed E-state index contributed by atoms with van der Waals surface area (Å²) in [5, 5.41) is 5.66. The molecule has 3 nitrogen and oxygen atoms in total. The van der Waals surface area contributed by atoms with Crippen LogP contribution < -0.4 is 14.8 Å². The molecule has 2 aromatic rings. The first-order valence-corrected chi connectivity index (χ1v) is 7.87. The molecule has 0 saturated heterocycles. The van der Waals surface area contributed by atoms with E-state index < -0.39 is 0 Å². The summed E-state index contributed by atoms with van der Waals surface area (Å²) < 4.78 is 11.6. The summed E-state index contributed by atoms with van der Waals surface area (Å²) in [4.78, 5) is 1.35. The van der Waals surface area contributed by atoms with Gasteiger partial charge in [-0.2, -0.15) is 0 Å². The maximum atomic E-state index is 5.84. The SMILES string of the molecule is CC(NCc1cccc2c1OCCCO2)c1cccs1. The van der Waals surface area contributed by atoms with Crippen LogP contribution in [0.25, 0.3) is 0 Å². The van der Waals surface area contributed by atoms with Gasteiger partial charge in [0.25, 0.3) is 0 Å². The van der Waals surface area contributed by atoms with Crippen molar-refractivity contribution in [3.63, 3.8) is 0 Å². The largest absolute Gasteiger partial charge is 0.490 e. The summed E-state index contributed by atoms with van der Waals surface area (Å²) in [5.41, 5.74) is 1.16. The van der Waals surface area contributed by atoms with Crippen molar-refractivity contribution in [1.82, 2.24) is 5.32 Å². The molecule has 1 aromatic carbocycles. The van der Waals surface area contributed by atoms with Gasteiger partial charge >= 0.3 is 0 Å². The van der Waals surface area contributed by atoms with Gasteiger partial charge in [0.1, 0.15) is 0 Å². The number of nitrogens with one attached hydrogen (secondary N) is 1. The third kappa shape index (κ3) is 2.97. The standard InChI is InChI=1S/C16H19NO2S/c1-12(15-7-3-10-20-15)17-11-13-5-2-6-14-16(13)19-9-4-8-18-14/h2-3,5-7,10,12,17H,4,8-9,11H2,1H3. The number of rotatable bonds is 4. The Morgan fingerprint density at radius 1 is 1.20 bits per heavy atom. The Hall–Kier alpha value is -1.52. The highest BCUT2D eigenvalue weighted by molar-refractivity contribution is 7.10. The highest BCUT2D eigenvalue weighted by atomic mass is 32.1. The van der Waals surface area contributed by atoms with E-state index in [1.807, 2.05) is 12.1 Å². The van der Waals surface area contributed by atoms with Crippen molar-refractivity contribution in [2.75, 3.05) is 13.2 Å². The van der Waals surface area contributed by atoms with Gasteiger partial charge in [0.15, 0.2) is 11.5 Å². The number of para-hydroxylation sites is 1. The van der Waals surface area contributed by atoms with Crippen LogP contribution in [0.2, 0.25) is 0 Å². The van der Waals surface area contributed by atoms with Crippen molar-refractivity contribution in [3.8, 4) is 11.5 Å². The fourth-order valence-electron chi connectivity index (χ4n) is 2.29. The summed E-state index contributed by atoms with van der Waals surface area (Å²) in [5.74, 6) is 1.77. The number of fused-ring (bicyclic) bond motifs is 1. The highest BCUT2D eigenvalue weighted by Crippen LogP contribution is 2.33. The van der Waals surface area contributed by atoms with Crippen LogP contribution in [0.15, 0.2) is 35.7 Å². The van der Waals surface area contributed by atoms with Crippen molar-refractivity contribution in [2.45, 2.75) is 25.9 Å². The van der Waals surface area contributed by atoms with E-state index >= 15 is 0 Å². The summed E-state index contributed by atoms with van der Waals surface area (Å²) in [6.07, 6.45) is 0.938. The molecule has 1 aliphatic heterocycles. The molecule has 1 aromatic heterocycles. The van der Waals surface area contributed by atoms with E-state index in [1.54, 1.807) is 11.3 Å². The molecule has 2 heterocycles. The Morgan fingerprint density at radius 2 is 2.10 bits per heavy atom. The van der Waals surface area contributed by atoms with Crippen LogP contribution in [0.1, 0.15) is 29.8 Å². The first kappa shape index (κ1) is 13.5. The number of ether oxygens (including phenoxy) is 2. The topological polar surface area (TPSA) is 30.5 Å². The summed E-state index contributed by atoms with van der Waals surface area (Å²) in [6, 6.07) is 10.7. The van der Waals surface area contributed by atoms with Crippen LogP contribution >= 0.6 is 11.3 Å². The molecule has 1 N–H and O–H groups in total. The second-order valence-electron chi connectivity index (χ2n) is 4.91. The number of benzene rings is 1. The van der Waals surface area contributed by atoms with E-state index in [1.165, 1.54) is 4.88 Å². The molecule has 0 spiro atoms. The van der Waals surface area contributed by atoms with Crippen LogP contribution in [-0.2, 0) is 6.54 Å². The highest BCUT2D eigenvalue weighted by Gasteiger charge is 2.15. The quantitative estimate of drug-likeness (QED) is 0.929. The molecular weight excluding hydrogens is 270 g/mol. The molecule has 1 unspecified atom stereocenters. The lowest BCUT2D eigenvalue weighted by Crippen LogP contribution is -2.17. The summed E-state index contributed by atoms with van der Waals surface area (Å²) in [6.45, 7) is 4.43. The Morgan fingerprint density at radius 3 is 2.95 bits per heavy atom. The second kappa shape index (κ2) is 6.29. The molecule has 4 heteroatoms. The lowest BCUT2D eigenvalue weighted by molar-refractivity contribution is 0.296. The molecule has 0 radical (unpaired) electrons. The molecule has 0 fully saturated rings. The Labute approximate surface area is 123 Å². The third-order valence-corrected chi connectivity index (χ3v) is 4.48. The molecule has 1 aliphatic rings. The van der Waals surface area contributed by atoms with Crippen molar-refractivity contribution in [2.24, 2.45) is 0 Å². The van der Waals surface area contributed by atoms with Gasteiger partial charge < -0.3 is 14.8 Å². The lowest BCUT2D eigenvalue weighted by Gasteiger charge is -2.16. The number of thiophene rings is 1. The Bertz CT molecular complexity index is 554. The molecular formula is C16H19NO2S. The van der Waals surface area contributed by atoms with Gasteiger partial charge in [-0.15, -0.1) is 11.3 Å². The molecule has 106 valence electrons. The van der Waals surface area contributed by atoms with Crippen LogP contribution in [-0.4, -0.2) is 13.2 Å². The monoisotopic (exact) mass is 289 g/mol. The average Bonchev–Trinajstić information content (AvgIpc) is 2.90. The van der Waals surface area contributed by atoms with Crippen molar-refractivity contribution >= 4 is 11.3 Å². The third-order valence-electron chi connectivity index (χ3n) is 3.42. The van der Waals surface area contributed by atoms with Crippen molar-refractivity contribution < 1.29 is 9.47 Å². The molecule has 1 atom stereocenters. The molecule has 0 aliphatic carbocycles. The molecule has 0 saturated carbocycles. The van der Waals surface area contributed by atoms with Gasteiger partial charge in [0.2, 0.25) is 0 Å². The summed E-state index contributed by atoms with van der Waals surface area (Å²) >= 11 is 1.78. The zero-order valence-electron chi connectivity index (χ0n) is 11.6. The first-order valence-electron chi connectivity index (χ1n) is 6.99. The zero-order chi connectivity index (χ0) is 13.8. The minimum Gasteiger partial charge on any atom is -0.490 e. The van der Waals surface area contributed by atoms with E-state index in [2.05, 4.69) is 35.8 Å². The fraction of sp³-hybridized carbons (Fsp3) is 0.375. The van der Waals surface area contributed by atoms with Gasteiger partial charge in [-0.3, -0.25) is 0 Å². The zero-order valence-corrected chi connectivity index (χ0v) is 12.4. The van der Waals surface area contributed by atoms with Gasteiger partial charge in [0, 0.05) is 29.4 Å². The second-order valence-corrected chi connectivity index (χ2v) is 5.89. The average molecular weight is 289 g/mol. The van der Waals surface area contributed by atoms with Crippen LogP contribution in [0.4, 0.5) is 0 Å². The predicted octanol–water partition coefficient (Wildman–Crippen LogP) is 3.76. The first-order chi connectivity index (χ1) is 9.84. The lowest BCUT2D eigenvalue weighted by atomic mass is 10.1. The van der Waals surface area contributed by atoms with Gasteiger partial charge in [-0.25, -0.2) is 0 Å². The van der Waals surface area contributed by atoms with Crippen molar-refractivity contribution in [1.29, 1.82) is 0 Å². The number of hydrogen-bond donors (Lipinski definition) is 1. The van der Waals surface area contributed by atoms with Crippen LogP contribution in [0, 0.1) is 0 Å². The minimum absolute atomic E-state index is 0.345. The molecule has 3 rings (SSSR count). The van der Waals surface area contributed by atoms with E-state index in [0.29, 0.717) is 6.04 Å². The molecule has 0 bridgehead atoms. The fourth-order valence-corrected chi connectivity index (χ4v) is 3.05. The smallest absolute Gasteiger partial charge is 0.165 e. The Kier molecular flexibility index (Phi) is 4.23. The Balaban J connectivity index is 1.71. The van der Waals surface area contributed by atoms with Gasteiger partial charge in [-0.1, -0.05) is 18.2 Å². The van der Waals surface area contributed by atoms with Gasteiger partial charge in [0.05, 0.1) is 13.2 Å². The van der Waals surface area contributed by atoms with Crippen LogP contribution in [0.5, 0.6) is 11.5 Å². The summed E-state index contributed by atoms with van der Waals surface area (Å²) in [7, 11) is 0. The van der Waals surface area contributed by atoms with E-state index in [9.17, 15) is 0 Å². The maximum Gasteiger partial charge on any atom is 0.165 e. The van der Waals surface area contributed by atoms with Crippen molar-refractivity contribution in [3.05, 3.63) is 46.2 Å². The molecule has 20 heavy (non-hydrogen) atoms. The predicted molar refractivity (Wildman–Crippen MR) is 81.6 cm³/mol. The van der Waals surface area contributed by atoms with Gasteiger partial charge in [-0.05, 0) is 24.4 Å². The number of hydrogen-bond acceptors (Lipinski definition) is 4. The minimum atomic E-state index is 0.345. The van der Waals surface area contributed by atoms with E-state index in [4.69, 9.17) is 9.47 Å². The normalized spacial score (nSPS) is 15.7. The van der Waals surface area contributed by atoms with E-state index in [0.717, 1.165) is 43.2 Å².